The van der Waals surface area contributed by atoms with Gasteiger partial charge in [-0.3, -0.25) is 4.79 Å². The SMILES string of the molecule is CS(=O)(=O)CCC(N)C(=O)Nc1c(Cl)ncnc1Cl. The van der Waals surface area contributed by atoms with Crippen molar-refractivity contribution in [3.8, 4) is 0 Å². The van der Waals surface area contributed by atoms with E-state index in [0.717, 1.165) is 12.6 Å². The van der Waals surface area contributed by atoms with Crippen molar-refractivity contribution in [2.45, 2.75) is 12.5 Å². The van der Waals surface area contributed by atoms with Crippen molar-refractivity contribution in [1.29, 1.82) is 0 Å². The van der Waals surface area contributed by atoms with E-state index in [1.165, 1.54) is 0 Å². The molecule has 1 unspecified atom stereocenters. The summed E-state index contributed by atoms with van der Waals surface area (Å²) < 4.78 is 22.0. The molecule has 0 radical (unpaired) electrons. The van der Waals surface area contributed by atoms with E-state index in [2.05, 4.69) is 15.3 Å². The van der Waals surface area contributed by atoms with Crippen LogP contribution in [0.1, 0.15) is 6.42 Å². The number of aromatic nitrogens is 2. The van der Waals surface area contributed by atoms with Crippen LogP contribution in [-0.2, 0) is 14.6 Å². The molecule has 106 valence electrons. The monoisotopic (exact) mass is 326 g/mol. The molecule has 7 nitrogen and oxygen atoms in total. The second kappa shape index (κ2) is 6.47. The van der Waals surface area contributed by atoms with E-state index in [1.807, 2.05) is 0 Å². The number of nitrogens with two attached hydrogens (primary N) is 1. The summed E-state index contributed by atoms with van der Waals surface area (Å²) in [5.41, 5.74) is 5.62. The van der Waals surface area contributed by atoms with Gasteiger partial charge in [0.05, 0.1) is 11.8 Å². The fraction of sp³-hybridized carbons (Fsp3) is 0.444. The summed E-state index contributed by atoms with van der Waals surface area (Å²) in [5, 5.41) is 2.32. The highest BCUT2D eigenvalue weighted by molar-refractivity contribution is 7.90. The first kappa shape index (κ1) is 16.1. The number of hydrogen-bond acceptors (Lipinski definition) is 6. The van der Waals surface area contributed by atoms with Crippen LogP contribution in [0.25, 0.3) is 0 Å². The molecular formula is C9H12Cl2N4O3S. The number of halogens is 2. The van der Waals surface area contributed by atoms with Gasteiger partial charge in [-0.05, 0) is 6.42 Å². The lowest BCUT2D eigenvalue weighted by molar-refractivity contribution is -0.117. The number of carbonyl (C=O) groups excluding carboxylic acids is 1. The molecule has 0 bridgehead atoms. The molecule has 19 heavy (non-hydrogen) atoms. The van der Waals surface area contributed by atoms with Gasteiger partial charge in [0.25, 0.3) is 0 Å². The fourth-order valence-corrected chi connectivity index (χ4v) is 2.23. The molecule has 1 aromatic heterocycles. The molecule has 0 saturated heterocycles. The first-order valence-corrected chi connectivity index (χ1v) is 7.92. The quantitative estimate of drug-likeness (QED) is 0.760. The zero-order valence-electron chi connectivity index (χ0n) is 9.93. The molecule has 3 N–H and O–H groups in total. The van der Waals surface area contributed by atoms with Crippen molar-refractivity contribution in [3.05, 3.63) is 16.6 Å². The molecular weight excluding hydrogens is 315 g/mol. The zero-order valence-corrected chi connectivity index (χ0v) is 12.3. The molecule has 0 saturated carbocycles. The van der Waals surface area contributed by atoms with Crippen LogP contribution in [0.15, 0.2) is 6.33 Å². The Hall–Kier alpha value is -0.960. The lowest BCUT2D eigenvalue weighted by Gasteiger charge is -2.12. The molecule has 1 aromatic rings. The second-order valence-corrected chi connectivity index (χ2v) is 6.82. The van der Waals surface area contributed by atoms with E-state index in [4.69, 9.17) is 28.9 Å². The van der Waals surface area contributed by atoms with Crippen molar-refractivity contribution in [3.63, 3.8) is 0 Å². The molecule has 1 rings (SSSR count). The van der Waals surface area contributed by atoms with Gasteiger partial charge < -0.3 is 11.1 Å². The van der Waals surface area contributed by atoms with Gasteiger partial charge in [0.2, 0.25) is 5.91 Å². The maximum atomic E-state index is 11.7. The highest BCUT2D eigenvalue weighted by Gasteiger charge is 2.19. The van der Waals surface area contributed by atoms with Gasteiger partial charge in [-0.15, -0.1) is 0 Å². The summed E-state index contributed by atoms with van der Waals surface area (Å²) >= 11 is 11.5. The van der Waals surface area contributed by atoms with Crippen LogP contribution < -0.4 is 11.1 Å². The topological polar surface area (TPSA) is 115 Å². The third-order valence-electron chi connectivity index (χ3n) is 2.14. The Labute approximate surface area is 120 Å². The smallest absolute Gasteiger partial charge is 0.241 e. The molecule has 1 heterocycles. The Balaban J connectivity index is 2.69. The summed E-state index contributed by atoms with van der Waals surface area (Å²) in [7, 11) is -3.18. The highest BCUT2D eigenvalue weighted by Crippen LogP contribution is 2.25. The van der Waals surface area contributed by atoms with Crippen LogP contribution in [0.3, 0.4) is 0 Å². The van der Waals surface area contributed by atoms with Crippen LogP contribution in [0.5, 0.6) is 0 Å². The first-order chi connectivity index (χ1) is 8.70. The van der Waals surface area contributed by atoms with Gasteiger partial charge in [0.15, 0.2) is 10.3 Å². The van der Waals surface area contributed by atoms with Crippen molar-refractivity contribution in [2.24, 2.45) is 5.73 Å². The third-order valence-corrected chi connectivity index (χ3v) is 3.69. The molecule has 0 aromatic carbocycles. The Bertz CT molecular complexity index is 559. The summed E-state index contributed by atoms with van der Waals surface area (Å²) in [5.74, 6) is -0.795. The summed E-state index contributed by atoms with van der Waals surface area (Å²) in [6, 6.07) is -0.998. The van der Waals surface area contributed by atoms with Gasteiger partial charge in [-0.2, -0.15) is 0 Å². The number of amides is 1. The van der Waals surface area contributed by atoms with Crippen LogP contribution in [-0.4, -0.2) is 42.3 Å². The van der Waals surface area contributed by atoms with Gasteiger partial charge in [0, 0.05) is 6.26 Å². The highest BCUT2D eigenvalue weighted by atomic mass is 35.5. The van der Waals surface area contributed by atoms with Gasteiger partial charge in [-0.1, -0.05) is 23.2 Å². The van der Waals surface area contributed by atoms with E-state index in [1.54, 1.807) is 0 Å². The number of anilines is 1. The number of nitrogens with one attached hydrogen (secondary N) is 1. The van der Waals surface area contributed by atoms with E-state index < -0.39 is 21.8 Å². The summed E-state index contributed by atoms with van der Waals surface area (Å²) in [6.07, 6.45) is 2.20. The normalized spacial score (nSPS) is 13.1. The van der Waals surface area contributed by atoms with E-state index in [9.17, 15) is 13.2 Å². The van der Waals surface area contributed by atoms with E-state index in [-0.39, 0.29) is 28.2 Å². The predicted molar refractivity (Wildman–Crippen MR) is 73.0 cm³/mol. The number of sulfone groups is 1. The molecule has 0 aliphatic heterocycles. The van der Waals surface area contributed by atoms with Gasteiger partial charge in [0.1, 0.15) is 21.9 Å². The number of rotatable bonds is 5. The minimum atomic E-state index is -3.18. The Morgan fingerprint density at radius 3 is 2.42 bits per heavy atom. The van der Waals surface area contributed by atoms with Crippen molar-refractivity contribution >= 4 is 44.6 Å². The second-order valence-electron chi connectivity index (χ2n) is 3.84. The van der Waals surface area contributed by atoms with Crippen LogP contribution in [0.4, 0.5) is 5.69 Å². The number of carbonyl (C=O) groups is 1. The molecule has 0 aliphatic carbocycles. The molecule has 10 heteroatoms. The Morgan fingerprint density at radius 1 is 1.42 bits per heavy atom. The Kier molecular flexibility index (Phi) is 5.48. The summed E-state index contributed by atoms with van der Waals surface area (Å²) in [4.78, 5) is 19.0. The summed E-state index contributed by atoms with van der Waals surface area (Å²) in [6.45, 7) is 0. The van der Waals surface area contributed by atoms with Crippen molar-refractivity contribution in [2.75, 3.05) is 17.3 Å². The first-order valence-electron chi connectivity index (χ1n) is 5.11. The number of hydrogen-bond donors (Lipinski definition) is 2. The molecule has 1 atom stereocenters. The standard InChI is InChI=1S/C9H12Cl2N4O3S/c1-19(17,18)3-2-5(12)9(16)15-6-7(10)13-4-14-8(6)11/h4-5H,2-3,12H2,1H3,(H,15,16). The molecule has 0 spiro atoms. The minimum Gasteiger partial charge on any atom is -0.320 e. The molecule has 0 fully saturated rings. The van der Waals surface area contributed by atoms with Crippen LogP contribution in [0.2, 0.25) is 10.3 Å². The van der Waals surface area contributed by atoms with Gasteiger partial charge >= 0.3 is 0 Å². The van der Waals surface area contributed by atoms with Gasteiger partial charge in [-0.25, -0.2) is 18.4 Å². The minimum absolute atomic E-state index is 0.00635. The fourth-order valence-electron chi connectivity index (χ4n) is 1.14. The lowest BCUT2D eigenvalue weighted by Crippen LogP contribution is -2.37. The van der Waals surface area contributed by atoms with Crippen molar-refractivity contribution in [1.82, 2.24) is 9.97 Å². The lowest BCUT2D eigenvalue weighted by atomic mass is 10.2. The third kappa shape index (κ3) is 5.27. The Morgan fingerprint density at radius 2 is 1.95 bits per heavy atom. The zero-order chi connectivity index (χ0) is 14.6. The number of nitrogens with zero attached hydrogens (tertiary/aromatic N) is 2. The maximum absolute atomic E-state index is 11.7. The largest absolute Gasteiger partial charge is 0.320 e. The van der Waals surface area contributed by atoms with Crippen LogP contribution >= 0.6 is 23.2 Å². The van der Waals surface area contributed by atoms with Crippen LogP contribution in [0, 0.1) is 0 Å². The molecule has 1 amide bonds. The average molecular weight is 327 g/mol. The maximum Gasteiger partial charge on any atom is 0.241 e. The van der Waals surface area contributed by atoms with E-state index in [0.29, 0.717) is 0 Å². The van der Waals surface area contributed by atoms with Crippen molar-refractivity contribution < 1.29 is 13.2 Å². The molecule has 0 aliphatic rings. The predicted octanol–water partition coefficient (Wildman–Crippen LogP) is 0.484. The average Bonchev–Trinajstić information content (AvgIpc) is 2.29. The van der Waals surface area contributed by atoms with E-state index >= 15 is 0 Å².